The fourth-order valence-electron chi connectivity index (χ4n) is 4.36. The number of hydrogen-bond acceptors (Lipinski definition) is 7. The Kier molecular flexibility index (Phi) is 6.02. The number of aromatic nitrogens is 6. The highest BCUT2D eigenvalue weighted by Gasteiger charge is 2.34. The lowest BCUT2D eigenvalue weighted by atomic mass is 9.90. The normalized spacial score (nSPS) is 18.5. The van der Waals surface area contributed by atoms with Crippen LogP contribution in [0.4, 0.5) is 18.9 Å². The summed E-state index contributed by atoms with van der Waals surface area (Å²) in [6.07, 6.45) is -0.945. The Morgan fingerprint density at radius 1 is 1.14 bits per heavy atom. The van der Waals surface area contributed by atoms with Gasteiger partial charge in [0.15, 0.2) is 11.3 Å². The second-order valence-electron chi connectivity index (χ2n) is 8.66. The Balaban J connectivity index is 1.28. The van der Waals surface area contributed by atoms with Crippen LogP contribution in [0.2, 0.25) is 5.02 Å². The van der Waals surface area contributed by atoms with Gasteiger partial charge in [-0.2, -0.15) is 17.9 Å². The maximum absolute atomic E-state index is 13.4. The summed E-state index contributed by atoms with van der Waals surface area (Å²) in [5, 5.41) is 14.6. The summed E-state index contributed by atoms with van der Waals surface area (Å²) in [6.45, 7) is 0. The number of rotatable bonds is 4. The maximum atomic E-state index is 13.4. The molecular weight excluding hydrogens is 501 g/mol. The molecule has 1 aromatic carbocycles. The Hall–Kier alpha value is -3.74. The molecule has 0 aliphatic heterocycles. The molecule has 10 nitrogen and oxygen atoms in total. The van der Waals surface area contributed by atoms with E-state index in [0.29, 0.717) is 41.8 Å². The number of imidazole rings is 1. The van der Waals surface area contributed by atoms with E-state index >= 15 is 0 Å². The van der Waals surface area contributed by atoms with Crippen molar-refractivity contribution in [1.29, 1.82) is 0 Å². The zero-order valence-corrected chi connectivity index (χ0v) is 19.6. The van der Waals surface area contributed by atoms with Gasteiger partial charge in [-0.1, -0.05) is 16.8 Å². The summed E-state index contributed by atoms with van der Waals surface area (Å²) in [6, 6.07) is 5.28. The first kappa shape index (κ1) is 24.0. The number of amides is 1. The van der Waals surface area contributed by atoms with Crippen LogP contribution in [0.5, 0.6) is 0 Å². The Bertz CT molecular complexity index is 1530. The number of anilines is 1. The number of aryl methyl sites for hydroxylation is 1. The SMILES string of the molecule is Cn1nnc2c(C(=O)N[C@H]3CC[C@@H](Nc4cc(C(F)(F)F)nc5ccc(Cl)cc45)CC3)ncn2c1=O. The highest BCUT2D eigenvalue weighted by molar-refractivity contribution is 6.31. The molecule has 1 aliphatic carbocycles. The quantitative estimate of drug-likeness (QED) is 0.424. The summed E-state index contributed by atoms with van der Waals surface area (Å²) in [5.41, 5.74) is -0.882. The van der Waals surface area contributed by atoms with E-state index in [4.69, 9.17) is 11.6 Å². The van der Waals surface area contributed by atoms with Gasteiger partial charge >= 0.3 is 11.9 Å². The molecule has 1 amide bonds. The smallest absolute Gasteiger partial charge is 0.382 e. The van der Waals surface area contributed by atoms with Gasteiger partial charge < -0.3 is 10.6 Å². The lowest BCUT2D eigenvalue weighted by Gasteiger charge is -2.30. The van der Waals surface area contributed by atoms with E-state index in [0.717, 1.165) is 15.1 Å². The van der Waals surface area contributed by atoms with E-state index in [2.05, 4.69) is 30.9 Å². The van der Waals surface area contributed by atoms with Gasteiger partial charge in [0, 0.05) is 35.2 Å². The number of fused-ring (bicyclic) bond motifs is 2. The number of nitrogens with zero attached hydrogens (tertiary/aromatic N) is 6. The summed E-state index contributed by atoms with van der Waals surface area (Å²) in [5.74, 6) is -0.471. The molecule has 188 valence electrons. The largest absolute Gasteiger partial charge is 0.433 e. The Labute approximate surface area is 206 Å². The predicted octanol–water partition coefficient (Wildman–Crippen LogP) is 3.20. The molecule has 0 spiro atoms. The third-order valence-electron chi connectivity index (χ3n) is 6.20. The van der Waals surface area contributed by atoms with Crippen molar-refractivity contribution in [2.24, 2.45) is 7.05 Å². The molecule has 1 fully saturated rings. The Morgan fingerprint density at radius 2 is 1.86 bits per heavy atom. The third-order valence-corrected chi connectivity index (χ3v) is 6.43. The second-order valence-corrected chi connectivity index (χ2v) is 9.10. The Morgan fingerprint density at radius 3 is 2.58 bits per heavy atom. The molecule has 1 saturated carbocycles. The molecule has 36 heavy (non-hydrogen) atoms. The molecule has 0 saturated heterocycles. The molecule has 0 bridgehead atoms. The highest BCUT2D eigenvalue weighted by atomic mass is 35.5. The van der Waals surface area contributed by atoms with E-state index in [1.165, 1.54) is 25.5 Å². The standard InChI is InChI=1S/C22H20ClF3N8O2/c1-33-21(36)34-10-27-18(19(34)31-32-33)20(35)29-13-5-3-12(4-6-13)28-16-9-17(22(24,25)26)30-15-7-2-11(23)8-14(15)16/h2,7-10,12-13H,3-6H2,1H3,(H,28,30)(H,29,35)/t12-,13+. The van der Waals surface area contributed by atoms with Crippen LogP contribution in [-0.2, 0) is 13.2 Å². The fourth-order valence-corrected chi connectivity index (χ4v) is 4.53. The van der Waals surface area contributed by atoms with Crippen LogP contribution in [0.1, 0.15) is 41.9 Å². The molecule has 0 atom stereocenters. The van der Waals surface area contributed by atoms with Crippen molar-refractivity contribution >= 4 is 39.7 Å². The van der Waals surface area contributed by atoms with E-state index in [9.17, 15) is 22.8 Å². The van der Waals surface area contributed by atoms with Gasteiger partial charge in [0.05, 0.1) is 5.52 Å². The van der Waals surface area contributed by atoms with Crippen molar-refractivity contribution in [3.05, 3.63) is 57.5 Å². The van der Waals surface area contributed by atoms with Crippen LogP contribution in [0.3, 0.4) is 0 Å². The van der Waals surface area contributed by atoms with E-state index in [1.54, 1.807) is 6.07 Å². The van der Waals surface area contributed by atoms with Gasteiger partial charge in [0.2, 0.25) is 0 Å². The number of pyridine rings is 1. The number of carbonyl (C=O) groups is 1. The molecule has 2 N–H and O–H groups in total. The lowest BCUT2D eigenvalue weighted by Crippen LogP contribution is -2.40. The van der Waals surface area contributed by atoms with Crippen LogP contribution >= 0.6 is 11.6 Å². The summed E-state index contributed by atoms with van der Waals surface area (Å²) in [7, 11) is 1.44. The van der Waals surface area contributed by atoms with E-state index in [1.807, 2.05) is 0 Å². The third kappa shape index (κ3) is 4.57. The summed E-state index contributed by atoms with van der Waals surface area (Å²) < 4.78 is 42.3. The van der Waals surface area contributed by atoms with Crippen molar-refractivity contribution in [2.75, 3.05) is 5.32 Å². The molecular formula is C22H20ClF3N8O2. The lowest BCUT2D eigenvalue weighted by molar-refractivity contribution is -0.140. The van der Waals surface area contributed by atoms with Gasteiger partial charge in [0.25, 0.3) is 5.91 Å². The molecule has 0 unspecified atom stereocenters. The summed E-state index contributed by atoms with van der Waals surface area (Å²) >= 11 is 6.07. The van der Waals surface area contributed by atoms with Gasteiger partial charge in [-0.05, 0) is 49.9 Å². The van der Waals surface area contributed by atoms with Crippen LogP contribution in [0.25, 0.3) is 16.6 Å². The minimum absolute atomic E-state index is 0.000243. The average molecular weight is 521 g/mol. The molecule has 1 aliphatic rings. The number of nitrogens with one attached hydrogen (secondary N) is 2. The van der Waals surface area contributed by atoms with E-state index in [-0.39, 0.29) is 28.9 Å². The van der Waals surface area contributed by atoms with Crippen molar-refractivity contribution in [1.82, 2.24) is 34.7 Å². The van der Waals surface area contributed by atoms with E-state index < -0.39 is 23.5 Å². The van der Waals surface area contributed by atoms with Crippen molar-refractivity contribution in [3.8, 4) is 0 Å². The van der Waals surface area contributed by atoms with Gasteiger partial charge in [-0.25, -0.2) is 19.2 Å². The van der Waals surface area contributed by atoms with Crippen molar-refractivity contribution < 1.29 is 18.0 Å². The monoisotopic (exact) mass is 520 g/mol. The zero-order chi connectivity index (χ0) is 25.6. The maximum Gasteiger partial charge on any atom is 0.433 e. The molecule has 3 aromatic heterocycles. The number of halogens is 4. The molecule has 14 heteroatoms. The minimum atomic E-state index is -4.59. The van der Waals surface area contributed by atoms with Gasteiger partial charge in [-0.3, -0.25) is 4.79 Å². The predicted molar refractivity (Wildman–Crippen MR) is 125 cm³/mol. The average Bonchev–Trinajstić information content (AvgIpc) is 3.27. The van der Waals surface area contributed by atoms with Crippen molar-refractivity contribution in [3.63, 3.8) is 0 Å². The highest BCUT2D eigenvalue weighted by Crippen LogP contribution is 2.35. The molecule has 3 heterocycles. The number of benzene rings is 1. The zero-order valence-electron chi connectivity index (χ0n) is 18.9. The van der Waals surface area contributed by atoms with Gasteiger partial charge in [-0.15, -0.1) is 5.10 Å². The van der Waals surface area contributed by atoms with Crippen LogP contribution in [-0.4, -0.2) is 47.4 Å². The number of hydrogen-bond donors (Lipinski definition) is 2. The van der Waals surface area contributed by atoms with Crippen molar-refractivity contribution in [2.45, 2.75) is 43.9 Å². The topological polar surface area (TPSA) is 119 Å². The second kappa shape index (κ2) is 9.04. The van der Waals surface area contributed by atoms with Gasteiger partial charge in [0.1, 0.15) is 12.0 Å². The number of alkyl halides is 3. The number of carbonyl (C=O) groups excluding carboxylic acids is 1. The van der Waals surface area contributed by atoms with Crippen LogP contribution in [0.15, 0.2) is 35.4 Å². The summed E-state index contributed by atoms with van der Waals surface area (Å²) in [4.78, 5) is 32.6. The first-order chi connectivity index (χ1) is 17.1. The first-order valence-electron chi connectivity index (χ1n) is 11.1. The molecule has 0 radical (unpaired) electrons. The molecule has 5 rings (SSSR count). The first-order valence-corrected chi connectivity index (χ1v) is 11.5. The molecule has 4 aromatic rings. The van der Waals surface area contributed by atoms with Crippen LogP contribution < -0.4 is 16.3 Å². The fraction of sp³-hybridized carbons (Fsp3) is 0.364. The minimum Gasteiger partial charge on any atom is -0.382 e. The van der Waals surface area contributed by atoms with Crippen LogP contribution in [0, 0.1) is 0 Å².